The molecule has 0 aromatic carbocycles. The van der Waals surface area contributed by atoms with E-state index in [9.17, 15) is 4.79 Å². The molecule has 23 heavy (non-hydrogen) atoms. The maximum absolute atomic E-state index is 12.7. The highest BCUT2D eigenvalue weighted by Crippen LogP contribution is 2.25. The van der Waals surface area contributed by atoms with Crippen molar-refractivity contribution in [2.24, 2.45) is 5.41 Å². The van der Waals surface area contributed by atoms with Crippen LogP contribution >= 0.6 is 0 Å². The summed E-state index contributed by atoms with van der Waals surface area (Å²) < 4.78 is 17.6. The minimum atomic E-state index is -0.571. The summed E-state index contributed by atoms with van der Waals surface area (Å²) in [5.41, 5.74) is -0.571. The van der Waals surface area contributed by atoms with Crippen molar-refractivity contribution in [3.05, 3.63) is 5.82 Å². The number of morpholine rings is 1. The Morgan fingerprint density at radius 1 is 1.39 bits per heavy atom. The number of hydrogen-bond donors (Lipinski definition) is 0. The number of nitrogens with zero attached hydrogens (tertiary/aromatic N) is 5. The van der Waals surface area contributed by atoms with Gasteiger partial charge in [-0.15, -0.1) is 5.10 Å². The Morgan fingerprint density at radius 3 is 2.87 bits per heavy atom. The summed E-state index contributed by atoms with van der Waals surface area (Å²) in [6.45, 7) is 6.63. The first-order valence-electron chi connectivity index (χ1n) is 7.64. The standard InChI is InChI=1S/C14H25N5O4/c1-14(2,10-22-4)13(20)18-5-8-23-11(9-18)12-15-16-17-19(12)6-7-21-3/h11H,5-10H2,1-4H3/t11-/m0/s1. The first-order valence-corrected chi connectivity index (χ1v) is 7.64. The molecule has 0 unspecified atom stereocenters. The van der Waals surface area contributed by atoms with E-state index in [1.165, 1.54) is 0 Å². The number of tetrazole rings is 1. The van der Waals surface area contributed by atoms with E-state index < -0.39 is 5.41 Å². The highest BCUT2D eigenvalue weighted by Gasteiger charge is 2.36. The third kappa shape index (κ3) is 4.24. The van der Waals surface area contributed by atoms with Crippen molar-refractivity contribution in [2.75, 3.05) is 47.1 Å². The van der Waals surface area contributed by atoms with Crippen LogP contribution in [0.3, 0.4) is 0 Å². The minimum absolute atomic E-state index is 0.0450. The van der Waals surface area contributed by atoms with Gasteiger partial charge >= 0.3 is 0 Å². The van der Waals surface area contributed by atoms with Gasteiger partial charge in [0.2, 0.25) is 5.91 Å². The molecular weight excluding hydrogens is 302 g/mol. The molecule has 1 aromatic rings. The lowest BCUT2D eigenvalue weighted by molar-refractivity contribution is -0.151. The molecule has 2 heterocycles. The zero-order chi connectivity index (χ0) is 16.9. The number of aromatic nitrogens is 4. The second-order valence-corrected chi connectivity index (χ2v) is 6.18. The molecular formula is C14H25N5O4. The molecule has 1 amide bonds. The Balaban J connectivity index is 2.06. The Morgan fingerprint density at radius 2 is 2.17 bits per heavy atom. The first-order chi connectivity index (χ1) is 11.0. The summed E-state index contributed by atoms with van der Waals surface area (Å²) in [6.07, 6.45) is -0.335. The van der Waals surface area contributed by atoms with Crippen molar-refractivity contribution >= 4 is 5.91 Å². The van der Waals surface area contributed by atoms with Crippen LogP contribution in [0.15, 0.2) is 0 Å². The van der Waals surface area contributed by atoms with Crippen LogP contribution in [0.4, 0.5) is 0 Å². The quantitative estimate of drug-likeness (QED) is 0.690. The molecule has 1 saturated heterocycles. The van der Waals surface area contributed by atoms with Crippen LogP contribution in [-0.4, -0.2) is 78.1 Å². The van der Waals surface area contributed by atoms with Gasteiger partial charge in [-0.25, -0.2) is 4.68 Å². The normalized spacial score (nSPS) is 19.1. The van der Waals surface area contributed by atoms with E-state index in [-0.39, 0.29) is 12.0 Å². The van der Waals surface area contributed by atoms with E-state index in [0.717, 1.165) is 0 Å². The van der Waals surface area contributed by atoms with Gasteiger partial charge in [0.25, 0.3) is 0 Å². The van der Waals surface area contributed by atoms with Crippen LogP contribution in [0.2, 0.25) is 0 Å². The van der Waals surface area contributed by atoms with Gasteiger partial charge in [-0.2, -0.15) is 0 Å². The lowest BCUT2D eigenvalue weighted by Gasteiger charge is -2.36. The molecule has 9 nitrogen and oxygen atoms in total. The monoisotopic (exact) mass is 327 g/mol. The lowest BCUT2D eigenvalue weighted by Crippen LogP contribution is -2.49. The van der Waals surface area contributed by atoms with Crippen LogP contribution in [0.5, 0.6) is 0 Å². The summed E-state index contributed by atoms with van der Waals surface area (Å²) in [5, 5.41) is 11.7. The largest absolute Gasteiger partial charge is 0.384 e. The summed E-state index contributed by atoms with van der Waals surface area (Å²) in [7, 11) is 3.22. The van der Waals surface area contributed by atoms with Crippen molar-refractivity contribution in [3.63, 3.8) is 0 Å². The number of hydrogen-bond acceptors (Lipinski definition) is 7. The number of carbonyl (C=O) groups is 1. The molecule has 9 heteroatoms. The van der Waals surface area contributed by atoms with Crippen molar-refractivity contribution in [2.45, 2.75) is 26.5 Å². The van der Waals surface area contributed by atoms with Crippen molar-refractivity contribution < 1.29 is 19.0 Å². The van der Waals surface area contributed by atoms with Gasteiger partial charge in [0.15, 0.2) is 5.82 Å². The minimum Gasteiger partial charge on any atom is -0.384 e. The molecule has 0 bridgehead atoms. The molecule has 2 rings (SSSR count). The Labute approximate surface area is 135 Å². The van der Waals surface area contributed by atoms with Crippen molar-refractivity contribution in [1.29, 1.82) is 0 Å². The van der Waals surface area contributed by atoms with Crippen molar-refractivity contribution in [3.8, 4) is 0 Å². The number of carbonyl (C=O) groups excluding carboxylic acids is 1. The molecule has 130 valence electrons. The zero-order valence-electron chi connectivity index (χ0n) is 14.2. The number of amides is 1. The second kappa shape index (κ2) is 7.80. The zero-order valence-corrected chi connectivity index (χ0v) is 14.2. The van der Waals surface area contributed by atoms with Crippen LogP contribution in [0, 0.1) is 5.41 Å². The predicted octanol–water partition coefficient (Wildman–Crippen LogP) is -0.108. The molecule has 0 aliphatic carbocycles. The van der Waals surface area contributed by atoms with E-state index in [0.29, 0.717) is 45.3 Å². The second-order valence-electron chi connectivity index (χ2n) is 6.18. The molecule has 0 saturated carbocycles. The molecule has 0 spiro atoms. The Hall–Kier alpha value is -1.58. The highest BCUT2D eigenvalue weighted by molar-refractivity contribution is 5.82. The fourth-order valence-corrected chi connectivity index (χ4v) is 2.62. The summed E-state index contributed by atoms with van der Waals surface area (Å²) in [4.78, 5) is 14.5. The number of ether oxygens (including phenoxy) is 3. The lowest BCUT2D eigenvalue weighted by atomic mass is 9.92. The highest BCUT2D eigenvalue weighted by atomic mass is 16.5. The number of methoxy groups -OCH3 is 2. The Bertz CT molecular complexity index is 519. The average molecular weight is 327 g/mol. The molecule has 1 atom stereocenters. The van der Waals surface area contributed by atoms with Crippen LogP contribution in [-0.2, 0) is 25.5 Å². The Kier molecular flexibility index (Phi) is 6.03. The van der Waals surface area contributed by atoms with E-state index in [2.05, 4.69) is 15.5 Å². The average Bonchev–Trinajstić information content (AvgIpc) is 3.00. The summed E-state index contributed by atoms with van der Waals surface area (Å²) in [6, 6.07) is 0. The predicted molar refractivity (Wildman–Crippen MR) is 80.6 cm³/mol. The first kappa shape index (κ1) is 17.8. The maximum atomic E-state index is 12.7. The third-order valence-corrected chi connectivity index (χ3v) is 3.79. The fourth-order valence-electron chi connectivity index (χ4n) is 2.62. The smallest absolute Gasteiger partial charge is 0.230 e. The third-order valence-electron chi connectivity index (χ3n) is 3.79. The molecule has 1 aliphatic heterocycles. The van der Waals surface area contributed by atoms with Gasteiger partial charge in [-0.05, 0) is 24.3 Å². The molecule has 1 aromatic heterocycles. The summed E-state index contributed by atoms with van der Waals surface area (Å²) in [5.74, 6) is 0.660. The van der Waals surface area contributed by atoms with E-state index in [1.54, 1.807) is 23.8 Å². The van der Waals surface area contributed by atoms with Gasteiger partial charge in [-0.3, -0.25) is 4.79 Å². The summed E-state index contributed by atoms with van der Waals surface area (Å²) >= 11 is 0. The van der Waals surface area contributed by atoms with E-state index in [4.69, 9.17) is 14.2 Å². The molecule has 0 N–H and O–H groups in total. The van der Waals surface area contributed by atoms with Gasteiger partial charge in [0.05, 0.1) is 38.3 Å². The van der Waals surface area contributed by atoms with Gasteiger partial charge in [0, 0.05) is 20.8 Å². The topological polar surface area (TPSA) is 91.6 Å². The molecule has 1 fully saturated rings. The van der Waals surface area contributed by atoms with Gasteiger partial charge in [0.1, 0.15) is 6.10 Å². The maximum Gasteiger partial charge on any atom is 0.230 e. The van der Waals surface area contributed by atoms with Crippen LogP contribution in [0.1, 0.15) is 25.8 Å². The molecule has 0 radical (unpaired) electrons. The molecule has 1 aliphatic rings. The van der Waals surface area contributed by atoms with Gasteiger partial charge < -0.3 is 19.1 Å². The SMILES string of the molecule is COCCn1nnnc1[C@@H]1CN(C(=O)C(C)(C)COC)CCO1. The fraction of sp³-hybridized carbons (Fsp3) is 0.857. The van der Waals surface area contributed by atoms with Crippen molar-refractivity contribution in [1.82, 2.24) is 25.1 Å². The van der Waals surface area contributed by atoms with Crippen LogP contribution in [0.25, 0.3) is 0 Å². The van der Waals surface area contributed by atoms with E-state index in [1.807, 2.05) is 13.8 Å². The van der Waals surface area contributed by atoms with E-state index >= 15 is 0 Å². The number of rotatable bonds is 7. The van der Waals surface area contributed by atoms with Crippen LogP contribution < -0.4 is 0 Å². The van der Waals surface area contributed by atoms with Gasteiger partial charge in [-0.1, -0.05) is 0 Å².